The van der Waals surface area contributed by atoms with E-state index >= 15 is 0 Å². The minimum Gasteiger partial charge on any atom is -0.483 e. The Balaban J connectivity index is 1.61. The van der Waals surface area contributed by atoms with E-state index in [1.807, 2.05) is 30.3 Å². The topological polar surface area (TPSA) is 27.1 Å². The Morgan fingerprint density at radius 3 is 2.52 bits per heavy atom. The van der Waals surface area contributed by atoms with Crippen LogP contribution in [0.2, 0.25) is 0 Å². The number of nitrogens with zero attached hydrogens (tertiary/aromatic N) is 2. The molecule has 1 atom stereocenters. The minimum absolute atomic E-state index is 0.0221. The van der Waals surface area contributed by atoms with Crippen LogP contribution in [0.5, 0.6) is 5.75 Å². The van der Waals surface area contributed by atoms with E-state index in [2.05, 4.69) is 35.8 Å². The minimum atomic E-state index is -0.0221. The van der Waals surface area contributed by atoms with Gasteiger partial charge in [0.05, 0.1) is 11.0 Å². The van der Waals surface area contributed by atoms with Crippen LogP contribution in [0, 0.1) is 5.92 Å². The highest BCUT2D eigenvalue weighted by molar-refractivity contribution is 5.76. The molecule has 0 bridgehead atoms. The predicted molar refractivity (Wildman–Crippen MR) is 111 cm³/mol. The lowest BCUT2D eigenvalue weighted by atomic mass is 9.87. The summed E-state index contributed by atoms with van der Waals surface area (Å²) in [6.45, 7) is 3.22. The zero-order chi connectivity index (χ0) is 18.5. The zero-order valence-electron chi connectivity index (χ0n) is 16.3. The molecule has 1 aliphatic rings. The van der Waals surface area contributed by atoms with Gasteiger partial charge in [0.25, 0.3) is 0 Å². The average molecular weight is 363 g/mol. The van der Waals surface area contributed by atoms with Gasteiger partial charge in [0.15, 0.2) is 11.9 Å². The van der Waals surface area contributed by atoms with E-state index in [4.69, 9.17) is 9.72 Å². The molecule has 1 aliphatic carbocycles. The summed E-state index contributed by atoms with van der Waals surface area (Å²) in [5.74, 6) is 2.84. The van der Waals surface area contributed by atoms with Gasteiger partial charge in [-0.15, -0.1) is 0 Å². The standard InChI is InChI=1S/C24H30N2O/c1-2-23(27-20-13-7-4-8-14-20)24-25-21-15-9-10-16-22(21)26(24)18-17-19-11-5-3-6-12-19/h4,7-10,13-16,19,23H,2-3,5-6,11-12,17-18H2,1H3. The number of imidazole rings is 1. The van der Waals surface area contributed by atoms with E-state index in [0.717, 1.165) is 36.0 Å². The second-order valence-corrected chi connectivity index (χ2v) is 7.73. The fraction of sp³-hybridized carbons (Fsp3) is 0.458. The largest absolute Gasteiger partial charge is 0.483 e. The van der Waals surface area contributed by atoms with Crippen molar-refractivity contribution < 1.29 is 4.74 Å². The van der Waals surface area contributed by atoms with Crippen molar-refractivity contribution in [2.75, 3.05) is 0 Å². The number of fused-ring (bicyclic) bond motifs is 1. The maximum absolute atomic E-state index is 6.33. The van der Waals surface area contributed by atoms with E-state index in [1.54, 1.807) is 0 Å². The van der Waals surface area contributed by atoms with Crippen molar-refractivity contribution >= 4 is 11.0 Å². The van der Waals surface area contributed by atoms with Gasteiger partial charge in [0.2, 0.25) is 0 Å². The van der Waals surface area contributed by atoms with Crippen LogP contribution >= 0.6 is 0 Å². The third-order valence-corrected chi connectivity index (χ3v) is 5.85. The maximum atomic E-state index is 6.33. The van der Waals surface area contributed by atoms with E-state index in [0.29, 0.717) is 0 Å². The highest BCUT2D eigenvalue weighted by atomic mass is 16.5. The van der Waals surface area contributed by atoms with Crippen molar-refractivity contribution in [3.63, 3.8) is 0 Å². The molecule has 0 amide bonds. The fourth-order valence-electron chi connectivity index (χ4n) is 4.34. The molecule has 0 radical (unpaired) electrons. The summed E-state index contributed by atoms with van der Waals surface area (Å²) in [5, 5.41) is 0. The first kappa shape index (κ1) is 18.1. The van der Waals surface area contributed by atoms with Crippen molar-refractivity contribution in [3.8, 4) is 5.75 Å². The molecule has 1 heterocycles. The predicted octanol–water partition coefficient (Wildman–Crippen LogP) is 6.54. The molecule has 0 saturated heterocycles. The number of benzene rings is 2. The molecule has 1 fully saturated rings. The number of hydrogen-bond donors (Lipinski definition) is 0. The third kappa shape index (κ3) is 4.18. The SMILES string of the molecule is CCC(Oc1ccccc1)c1nc2ccccc2n1CCC1CCCCC1. The van der Waals surface area contributed by atoms with Gasteiger partial charge >= 0.3 is 0 Å². The van der Waals surface area contributed by atoms with Gasteiger partial charge in [-0.2, -0.15) is 0 Å². The molecule has 142 valence electrons. The van der Waals surface area contributed by atoms with E-state index in [9.17, 15) is 0 Å². The number of aromatic nitrogens is 2. The molecule has 3 heteroatoms. The van der Waals surface area contributed by atoms with Crippen molar-refractivity contribution in [2.45, 2.75) is 64.5 Å². The molecule has 1 aromatic heterocycles. The third-order valence-electron chi connectivity index (χ3n) is 5.85. The number of para-hydroxylation sites is 3. The Kier molecular flexibility index (Phi) is 5.76. The normalized spacial score (nSPS) is 16.5. The molecule has 2 aromatic carbocycles. The molecule has 0 N–H and O–H groups in total. The van der Waals surface area contributed by atoms with Gasteiger partial charge < -0.3 is 9.30 Å². The molecular weight excluding hydrogens is 332 g/mol. The van der Waals surface area contributed by atoms with Gasteiger partial charge in [-0.25, -0.2) is 4.98 Å². The quantitative estimate of drug-likeness (QED) is 0.477. The van der Waals surface area contributed by atoms with Crippen LogP contribution in [0.15, 0.2) is 54.6 Å². The summed E-state index contributed by atoms with van der Waals surface area (Å²) in [4.78, 5) is 4.98. The molecule has 3 aromatic rings. The first-order valence-corrected chi connectivity index (χ1v) is 10.5. The van der Waals surface area contributed by atoms with Gasteiger partial charge in [0.1, 0.15) is 5.75 Å². The number of aryl methyl sites for hydroxylation is 1. The highest BCUT2D eigenvalue weighted by Crippen LogP contribution is 2.30. The molecule has 0 spiro atoms. The van der Waals surface area contributed by atoms with Crippen LogP contribution < -0.4 is 4.74 Å². The van der Waals surface area contributed by atoms with Crippen LogP contribution in [0.3, 0.4) is 0 Å². The summed E-state index contributed by atoms with van der Waals surface area (Å²) in [6.07, 6.45) is 9.12. The van der Waals surface area contributed by atoms with Crippen molar-refractivity contribution in [1.29, 1.82) is 0 Å². The van der Waals surface area contributed by atoms with Crippen LogP contribution in [0.25, 0.3) is 11.0 Å². The summed E-state index contributed by atoms with van der Waals surface area (Å²) in [5.41, 5.74) is 2.31. The zero-order valence-corrected chi connectivity index (χ0v) is 16.3. The molecule has 4 rings (SSSR count). The van der Waals surface area contributed by atoms with Crippen LogP contribution in [0.4, 0.5) is 0 Å². The van der Waals surface area contributed by atoms with Crippen molar-refractivity contribution in [3.05, 3.63) is 60.4 Å². The van der Waals surface area contributed by atoms with Crippen LogP contribution in [-0.2, 0) is 6.54 Å². The molecule has 1 saturated carbocycles. The van der Waals surface area contributed by atoms with Crippen molar-refractivity contribution in [2.24, 2.45) is 5.92 Å². The number of hydrogen-bond acceptors (Lipinski definition) is 2. The van der Waals surface area contributed by atoms with Gasteiger partial charge in [-0.1, -0.05) is 69.4 Å². The van der Waals surface area contributed by atoms with Gasteiger partial charge in [0, 0.05) is 6.54 Å². The van der Waals surface area contributed by atoms with E-state index < -0.39 is 0 Å². The molecule has 3 nitrogen and oxygen atoms in total. The maximum Gasteiger partial charge on any atom is 0.156 e. The Bertz CT molecular complexity index is 849. The first-order chi connectivity index (χ1) is 13.3. The lowest BCUT2D eigenvalue weighted by molar-refractivity contribution is 0.185. The molecule has 1 unspecified atom stereocenters. The van der Waals surface area contributed by atoms with Crippen LogP contribution in [0.1, 0.15) is 63.8 Å². The van der Waals surface area contributed by atoms with Crippen molar-refractivity contribution in [1.82, 2.24) is 9.55 Å². The summed E-state index contributed by atoms with van der Waals surface area (Å²) < 4.78 is 8.75. The summed E-state index contributed by atoms with van der Waals surface area (Å²) >= 11 is 0. The summed E-state index contributed by atoms with van der Waals surface area (Å²) in [7, 11) is 0. The first-order valence-electron chi connectivity index (χ1n) is 10.5. The Hall–Kier alpha value is -2.29. The fourth-order valence-corrected chi connectivity index (χ4v) is 4.34. The Morgan fingerprint density at radius 2 is 1.74 bits per heavy atom. The van der Waals surface area contributed by atoms with Gasteiger partial charge in [-0.3, -0.25) is 0 Å². The number of ether oxygens (including phenoxy) is 1. The average Bonchev–Trinajstić information content (AvgIpc) is 3.10. The van der Waals surface area contributed by atoms with E-state index in [1.165, 1.54) is 44.0 Å². The smallest absolute Gasteiger partial charge is 0.156 e. The lowest BCUT2D eigenvalue weighted by Gasteiger charge is -2.23. The van der Waals surface area contributed by atoms with Crippen LogP contribution in [-0.4, -0.2) is 9.55 Å². The molecular formula is C24H30N2O. The monoisotopic (exact) mass is 362 g/mol. The second kappa shape index (κ2) is 8.60. The molecule has 27 heavy (non-hydrogen) atoms. The van der Waals surface area contributed by atoms with Gasteiger partial charge in [-0.05, 0) is 43.0 Å². The van der Waals surface area contributed by atoms with E-state index in [-0.39, 0.29) is 6.10 Å². The highest BCUT2D eigenvalue weighted by Gasteiger charge is 2.22. The second-order valence-electron chi connectivity index (χ2n) is 7.73. The Labute approximate surface area is 162 Å². The summed E-state index contributed by atoms with van der Waals surface area (Å²) in [6, 6.07) is 18.6. The molecule has 0 aliphatic heterocycles. The lowest BCUT2D eigenvalue weighted by Crippen LogP contribution is -2.16. The Morgan fingerprint density at radius 1 is 1.00 bits per heavy atom. The number of rotatable bonds is 7.